The van der Waals surface area contributed by atoms with Gasteiger partial charge in [0.2, 0.25) is 0 Å². The van der Waals surface area contributed by atoms with Gasteiger partial charge in [0.15, 0.2) is 18.1 Å². The molecule has 0 aliphatic rings. The van der Waals surface area contributed by atoms with Crippen molar-refractivity contribution in [3.8, 4) is 11.5 Å². The molecule has 0 radical (unpaired) electrons. The van der Waals surface area contributed by atoms with E-state index < -0.39 is 62.2 Å². The van der Waals surface area contributed by atoms with Crippen molar-refractivity contribution in [3.05, 3.63) is 17.7 Å². The van der Waals surface area contributed by atoms with Crippen molar-refractivity contribution >= 4 is 28.0 Å². The van der Waals surface area contributed by atoms with E-state index in [0.717, 1.165) is 0 Å². The fourth-order valence-electron chi connectivity index (χ4n) is 1.60. The van der Waals surface area contributed by atoms with E-state index in [0.29, 0.717) is 12.1 Å². The van der Waals surface area contributed by atoms with Crippen LogP contribution in [0.2, 0.25) is 0 Å². The molecule has 28 heavy (non-hydrogen) atoms. The average molecular weight is 421 g/mol. The van der Waals surface area contributed by atoms with Crippen LogP contribution in [-0.4, -0.2) is 53.3 Å². The largest absolute Gasteiger partial charge is 0.504 e. The highest BCUT2D eigenvalue weighted by Crippen LogP contribution is 2.31. The number of phenolic OH excluding ortho intramolecular Hbond substituents is 2. The van der Waals surface area contributed by atoms with Crippen LogP contribution in [0.25, 0.3) is 0 Å². The van der Waals surface area contributed by atoms with Gasteiger partial charge in [-0.25, -0.2) is 4.79 Å². The van der Waals surface area contributed by atoms with Crippen molar-refractivity contribution < 1.29 is 47.1 Å². The Labute approximate surface area is 159 Å². The zero-order valence-electron chi connectivity index (χ0n) is 15.0. The van der Waals surface area contributed by atoms with Gasteiger partial charge in [-0.1, -0.05) is 0 Å². The molecule has 0 aromatic heterocycles. The highest BCUT2D eigenvalue weighted by molar-refractivity contribution is 7.85. The predicted molar refractivity (Wildman–Crippen MR) is 90.5 cm³/mol. The maximum atomic E-state index is 11.9. The molecule has 0 saturated heterocycles. The monoisotopic (exact) mass is 421 g/mol. The van der Waals surface area contributed by atoms with Crippen LogP contribution in [0.4, 0.5) is 4.79 Å². The van der Waals surface area contributed by atoms with E-state index in [9.17, 15) is 33.0 Å². The molecule has 0 fully saturated rings. The highest BCUT2D eigenvalue weighted by atomic mass is 32.2. The van der Waals surface area contributed by atoms with E-state index in [4.69, 9.17) is 9.29 Å². The Morgan fingerprint density at radius 1 is 1.11 bits per heavy atom. The number of ether oxygens (including phenoxy) is 1. The van der Waals surface area contributed by atoms with E-state index in [2.05, 4.69) is 4.84 Å². The minimum absolute atomic E-state index is 0.524. The lowest BCUT2D eigenvalue weighted by atomic mass is 10.2. The SMILES string of the molecule is CC(C)(C)OC(=O)NOCC(=O)NNC(=O)c1cc(S(=O)(=O)O)cc(O)c1O. The molecule has 1 aromatic rings. The van der Waals surface area contributed by atoms with Crippen molar-refractivity contribution in [1.82, 2.24) is 16.3 Å². The first-order valence-corrected chi connectivity index (χ1v) is 8.88. The number of phenols is 2. The van der Waals surface area contributed by atoms with Gasteiger partial charge in [-0.15, -0.1) is 0 Å². The molecule has 1 rings (SSSR count). The average Bonchev–Trinajstić information content (AvgIpc) is 2.52. The van der Waals surface area contributed by atoms with Gasteiger partial charge in [0.1, 0.15) is 5.60 Å². The zero-order valence-corrected chi connectivity index (χ0v) is 15.8. The van der Waals surface area contributed by atoms with Crippen LogP contribution < -0.4 is 16.3 Å². The Morgan fingerprint density at radius 3 is 2.25 bits per heavy atom. The summed E-state index contributed by atoms with van der Waals surface area (Å²) in [6, 6.07) is 1.10. The fraction of sp³-hybridized carbons (Fsp3) is 0.357. The lowest BCUT2D eigenvalue weighted by molar-refractivity contribution is -0.128. The Kier molecular flexibility index (Phi) is 7.15. The summed E-state index contributed by atoms with van der Waals surface area (Å²) in [5, 5.41) is 19.1. The summed E-state index contributed by atoms with van der Waals surface area (Å²) in [6.07, 6.45) is -0.952. The van der Waals surface area contributed by atoms with Gasteiger partial charge >= 0.3 is 6.09 Å². The second-order valence-corrected chi connectivity index (χ2v) is 7.63. The van der Waals surface area contributed by atoms with Gasteiger partial charge in [0.25, 0.3) is 21.9 Å². The summed E-state index contributed by atoms with van der Waals surface area (Å²) in [5.74, 6) is -4.13. The van der Waals surface area contributed by atoms with E-state index in [-0.39, 0.29) is 0 Å². The minimum Gasteiger partial charge on any atom is -0.504 e. The number of amides is 3. The molecule has 0 atom stereocenters. The third kappa shape index (κ3) is 7.26. The molecule has 0 unspecified atom stereocenters. The van der Waals surface area contributed by atoms with E-state index in [1.165, 1.54) is 0 Å². The molecule has 0 saturated carbocycles. The van der Waals surface area contributed by atoms with Crippen LogP contribution in [0.15, 0.2) is 17.0 Å². The van der Waals surface area contributed by atoms with Crippen LogP contribution in [0.5, 0.6) is 11.5 Å². The van der Waals surface area contributed by atoms with Gasteiger partial charge in [-0.05, 0) is 26.8 Å². The molecule has 0 aliphatic carbocycles. The van der Waals surface area contributed by atoms with Crippen LogP contribution in [0, 0.1) is 0 Å². The Hall–Kier alpha value is -3.10. The number of carbonyl (C=O) groups is 3. The van der Waals surface area contributed by atoms with E-state index in [1.807, 2.05) is 16.3 Å². The van der Waals surface area contributed by atoms with Gasteiger partial charge in [-0.3, -0.25) is 29.8 Å². The van der Waals surface area contributed by atoms with E-state index >= 15 is 0 Å². The normalized spacial score (nSPS) is 11.4. The Bertz CT molecular complexity index is 876. The molecule has 0 aliphatic heterocycles. The molecule has 1 aromatic carbocycles. The molecule has 3 amide bonds. The number of hydrazine groups is 1. The Balaban J connectivity index is 2.62. The first-order valence-electron chi connectivity index (χ1n) is 7.44. The first kappa shape index (κ1) is 22.9. The van der Waals surface area contributed by atoms with Crippen LogP contribution in [0.3, 0.4) is 0 Å². The summed E-state index contributed by atoms with van der Waals surface area (Å²) in [7, 11) is -4.77. The first-order chi connectivity index (χ1) is 12.7. The summed E-state index contributed by atoms with van der Waals surface area (Å²) in [5.41, 5.74) is 3.95. The number of benzene rings is 1. The maximum Gasteiger partial charge on any atom is 0.431 e. The van der Waals surface area contributed by atoms with Crippen molar-refractivity contribution in [2.24, 2.45) is 0 Å². The summed E-state index contributed by atoms with van der Waals surface area (Å²) in [6.45, 7) is 4.10. The van der Waals surface area contributed by atoms with Crippen molar-refractivity contribution in [1.29, 1.82) is 0 Å². The molecule has 156 valence electrons. The third-order valence-corrected chi connectivity index (χ3v) is 3.51. The highest BCUT2D eigenvalue weighted by Gasteiger charge is 2.21. The maximum absolute atomic E-state index is 11.9. The van der Waals surface area contributed by atoms with Crippen LogP contribution in [-0.2, 0) is 24.5 Å². The molecule has 13 nitrogen and oxygen atoms in total. The minimum atomic E-state index is -4.77. The van der Waals surface area contributed by atoms with Gasteiger partial charge in [0, 0.05) is 6.07 Å². The molecule has 0 spiro atoms. The summed E-state index contributed by atoms with van der Waals surface area (Å²) < 4.78 is 36.0. The molecular weight excluding hydrogens is 402 g/mol. The number of hydrogen-bond acceptors (Lipinski definition) is 9. The molecule has 0 heterocycles. The van der Waals surface area contributed by atoms with Gasteiger partial charge in [0.05, 0.1) is 10.5 Å². The summed E-state index contributed by atoms with van der Waals surface area (Å²) in [4.78, 5) is 38.5. The molecule has 6 N–H and O–H groups in total. The lowest BCUT2D eigenvalue weighted by Gasteiger charge is -2.19. The quantitative estimate of drug-likeness (QED) is 0.206. The second kappa shape index (κ2) is 8.73. The zero-order chi connectivity index (χ0) is 21.7. The topological polar surface area (TPSA) is 201 Å². The lowest BCUT2D eigenvalue weighted by Crippen LogP contribution is -2.44. The molecule has 0 bridgehead atoms. The third-order valence-electron chi connectivity index (χ3n) is 2.68. The van der Waals surface area contributed by atoms with Gasteiger partial charge < -0.3 is 14.9 Å². The van der Waals surface area contributed by atoms with Crippen molar-refractivity contribution in [3.63, 3.8) is 0 Å². The van der Waals surface area contributed by atoms with Crippen molar-refractivity contribution in [2.75, 3.05) is 6.61 Å². The number of hydroxylamine groups is 1. The van der Waals surface area contributed by atoms with Gasteiger partial charge in [-0.2, -0.15) is 13.9 Å². The Morgan fingerprint density at radius 2 is 1.71 bits per heavy atom. The van der Waals surface area contributed by atoms with Crippen LogP contribution >= 0.6 is 0 Å². The molecular formula is C14H19N3O10S. The fourth-order valence-corrected chi connectivity index (χ4v) is 2.13. The summed E-state index contributed by atoms with van der Waals surface area (Å²) >= 11 is 0. The number of aromatic hydroxyl groups is 2. The second-order valence-electron chi connectivity index (χ2n) is 6.21. The smallest absolute Gasteiger partial charge is 0.431 e. The van der Waals surface area contributed by atoms with Crippen LogP contribution in [0.1, 0.15) is 31.1 Å². The predicted octanol–water partition coefficient (Wildman–Crippen LogP) is -0.438. The standard InChI is InChI=1S/C14H19N3O10S/c1-14(2,3)27-13(22)17-26-6-10(19)15-16-12(21)8-4-7(28(23,24)25)5-9(18)11(8)20/h4-5,18,20H,6H2,1-3H3,(H,15,19)(H,16,21)(H,17,22)(H,23,24,25). The number of nitrogens with one attached hydrogen (secondary N) is 3. The number of carbonyl (C=O) groups excluding carboxylic acids is 3. The number of hydrogen-bond donors (Lipinski definition) is 6. The molecule has 14 heteroatoms. The van der Waals surface area contributed by atoms with E-state index in [1.54, 1.807) is 20.8 Å². The van der Waals surface area contributed by atoms with Crippen molar-refractivity contribution in [2.45, 2.75) is 31.3 Å². The number of rotatable bonds is 5.